The molecule has 0 aliphatic carbocycles. The second kappa shape index (κ2) is 8.60. The predicted molar refractivity (Wildman–Crippen MR) is 101 cm³/mol. The van der Waals surface area contributed by atoms with Gasteiger partial charge in [0.05, 0.1) is 11.1 Å². The van der Waals surface area contributed by atoms with Crippen molar-refractivity contribution in [2.24, 2.45) is 5.92 Å². The summed E-state index contributed by atoms with van der Waals surface area (Å²) in [6, 6.07) is 6.34. The highest BCUT2D eigenvalue weighted by Crippen LogP contribution is 2.24. The van der Waals surface area contributed by atoms with Crippen LogP contribution < -0.4 is 4.74 Å². The number of benzene rings is 1. The summed E-state index contributed by atoms with van der Waals surface area (Å²) in [4.78, 5) is 24.2. The first-order chi connectivity index (χ1) is 13.5. The van der Waals surface area contributed by atoms with E-state index in [9.17, 15) is 4.79 Å². The Morgan fingerprint density at radius 1 is 1.25 bits per heavy atom. The Bertz CT molecular complexity index is 937. The van der Waals surface area contributed by atoms with Crippen LogP contribution >= 0.6 is 0 Å². The summed E-state index contributed by atoms with van der Waals surface area (Å²) in [7, 11) is 0. The topological polar surface area (TPSA) is 111 Å². The first-order valence-electron chi connectivity index (χ1n) is 9.11. The summed E-state index contributed by atoms with van der Waals surface area (Å²) in [5.74, 6) is 1.41. The molecule has 0 fully saturated rings. The normalized spacial score (nSPS) is 12.1. The predicted octanol–water partition coefficient (Wildman–Crippen LogP) is 3.95. The summed E-state index contributed by atoms with van der Waals surface area (Å²) in [5, 5.41) is 13.1. The monoisotopic (exact) mass is 382 g/mol. The molecule has 3 rings (SSSR count). The number of carboxylic acid groups (broad SMARTS) is 1. The van der Waals surface area contributed by atoms with Gasteiger partial charge in [-0.05, 0) is 30.5 Å². The van der Waals surface area contributed by atoms with Gasteiger partial charge in [-0.3, -0.25) is 0 Å². The van der Waals surface area contributed by atoms with Crippen molar-refractivity contribution in [3.05, 3.63) is 53.9 Å². The summed E-state index contributed by atoms with van der Waals surface area (Å²) in [6.45, 7) is 6.11. The van der Waals surface area contributed by atoms with Gasteiger partial charge in [-0.2, -0.15) is 4.98 Å². The van der Waals surface area contributed by atoms with Gasteiger partial charge >= 0.3 is 5.97 Å². The fourth-order valence-corrected chi connectivity index (χ4v) is 2.61. The molecule has 0 spiro atoms. The maximum atomic E-state index is 11.1. The number of aromatic nitrogens is 4. The lowest BCUT2D eigenvalue weighted by atomic mass is 10.1. The molecule has 8 heteroatoms. The quantitative estimate of drug-likeness (QED) is 0.623. The van der Waals surface area contributed by atoms with Crippen LogP contribution in [0, 0.1) is 5.92 Å². The highest BCUT2D eigenvalue weighted by molar-refractivity contribution is 5.88. The number of aromatic carboxylic acids is 1. The number of carbonyl (C=O) groups is 1. The van der Waals surface area contributed by atoms with Crippen molar-refractivity contribution in [3.8, 4) is 17.1 Å². The van der Waals surface area contributed by atoms with E-state index in [4.69, 9.17) is 14.4 Å². The number of rotatable bonds is 8. The largest absolute Gasteiger partial charge is 0.482 e. The molecule has 0 saturated heterocycles. The first-order valence-corrected chi connectivity index (χ1v) is 9.11. The highest BCUT2D eigenvalue weighted by atomic mass is 16.5. The molecule has 0 aliphatic heterocycles. The van der Waals surface area contributed by atoms with Crippen molar-refractivity contribution in [1.82, 2.24) is 20.1 Å². The third kappa shape index (κ3) is 4.70. The van der Waals surface area contributed by atoms with Gasteiger partial charge in [0, 0.05) is 18.8 Å². The fourth-order valence-electron chi connectivity index (χ4n) is 2.61. The second-order valence-corrected chi connectivity index (χ2v) is 6.79. The van der Waals surface area contributed by atoms with Crippen molar-refractivity contribution in [2.75, 3.05) is 0 Å². The maximum Gasteiger partial charge on any atom is 0.335 e. The van der Waals surface area contributed by atoms with Gasteiger partial charge < -0.3 is 14.4 Å². The number of carboxylic acids is 1. The van der Waals surface area contributed by atoms with Crippen LogP contribution in [0.3, 0.4) is 0 Å². The van der Waals surface area contributed by atoms with Gasteiger partial charge in [0.15, 0.2) is 11.9 Å². The van der Waals surface area contributed by atoms with E-state index in [1.807, 2.05) is 6.92 Å². The molecule has 2 aromatic heterocycles. The minimum Gasteiger partial charge on any atom is -0.482 e. The summed E-state index contributed by atoms with van der Waals surface area (Å²) >= 11 is 0. The van der Waals surface area contributed by atoms with E-state index in [1.165, 1.54) is 12.1 Å². The van der Waals surface area contributed by atoms with Crippen LogP contribution in [0.1, 0.15) is 55.4 Å². The molecule has 8 nitrogen and oxygen atoms in total. The van der Waals surface area contributed by atoms with Gasteiger partial charge in [-0.25, -0.2) is 14.8 Å². The van der Waals surface area contributed by atoms with Crippen molar-refractivity contribution < 1.29 is 19.2 Å². The van der Waals surface area contributed by atoms with E-state index in [0.717, 1.165) is 0 Å². The average molecular weight is 382 g/mol. The first kappa shape index (κ1) is 19.5. The van der Waals surface area contributed by atoms with Crippen LogP contribution in [0.4, 0.5) is 0 Å². The Balaban J connectivity index is 1.74. The molecule has 0 radical (unpaired) electrons. The number of ether oxygens (including phenoxy) is 1. The maximum absolute atomic E-state index is 11.1. The lowest BCUT2D eigenvalue weighted by Crippen LogP contribution is -2.11. The standard InChI is InChI=1S/C20H22N4O4/c1-4-16(27-15-7-5-6-13(9-15)20(25)26)19-21-10-14(11-22-19)18-23-17(28-24-18)8-12(2)3/h5-7,9-12,16H,4,8H2,1-3H3,(H,25,26). The molecule has 1 unspecified atom stereocenters. The minimum atomic E-state index is -1.00. The number of hydrogen-bond acceptors (Lipinski definition) is 7. The molecular formula is C20H22N4O4. The molecule has 0 amide bonds. The van der Waals surface area contributed by atoms with Crippen LogP contribution in [0.2, 0.25) is 0 Å². The zero-order valence-electron chi connectivity index (χ0n) is 16.0. The van der Waals surface area contributed by atoms with E-state index in [-0.39, 0.29) is 5.56 Å². The Morgan fingerprint density at radius 3 is 2.64 bits per heavy atom. The Morgan fingerprint density at radius 2 is 2.00 bits per heavy atom. The molecule has 0 aliphatic rings. The molecule has 3 aromatic rings. The van der Waals surface area contributed by atoms with E-state index in [1.54, 1.807) is 24.5 Å². The Kier molecular flexibility index (Phi) is 5.98. The van der Waals surface area contributed by atoms with Crippen molar-refractivity contribution in [1.29, 1.82) is 0 Å². The summed E-state index contributed by atoms with van der Waals surface area (Å²) < 4.78 is 11.1. The van der Waals surface area contributed by atoms with Crippen LogP contribution in [-0.4, -0.2) is 31.2 Å². The number of nitrogens with zero attached hydrogens (tertiary/aromatic N) is 4. The third-order valence-electron chi connectivity index (χ3n) is 4.00. The minimum absolute atomic E-state index is 0.165. The van der Waals surface area contributed by atoms with E-state index >= 15 is 0 Å². The van der Waals surface area contributed by atoms with Crippen molar-refractivity contribution in [3.63, 3.8) is 0 Å². The SMILES string of the molecule is CCC(Oc1cccc(C(=O)O)c1)c1ncc(-c2noc(CC(C)C)n2)cn1. The molecule has 146 valence electrons. The van der Waals surface area contributed by atoms with Crippen molar-refractivity contribution in [2.45, 2.75) is 39.7 Å². The van der Waals surface area contributed by atoms with Gasteiger partial charge in [0.25, 0.3) is 0 Å². The van der Waals surface area contributed by atoms with Crippen LogP contribution in [0.5, 0.6) is 5.75 Å². The highest BCUT2D eigenvalue weighted by Gasteiger charge is 2.17. The zero-order chi connectivity index (χ0) is 20.1. The van der Waals surface area contributed by atoms with E-state index in [2.05, 4.69) is 34.0 Å². The van der Waals surface area contributed by atoms with Gasteiger partial charge in [-0.1, -0.05) is 32.0 Å². The molecule has 1 N–H and O–H groups in total. The van der Waals surface area contributed by atoms with Crippen LogP contribution in [0.25, 0.3) is 11.4 Å². The van der Waals surface area contributed by atoms with Crippen LogP contribution in [-0.2, 0) is 6.42 Å². The molecule has 1 atom stereocenters. The van der Waals surface area contributed by atoms with E-state index < -0.39 is 12.1 Å². The summed E-state index contributed by atoms with van der Waals surface area (Å²) in [5.41, 5.74) is 0.822. The molecule has 2 heterocycles. The smallest absolute Gasteiger partial charge is 0.335 e. The average Bonchev–Trinajstić information content (AvgIpc) is 3.14. The van der Waals surface area contributed by atoms with Crippen molar-refractivity contribution >= 4 is 5.97 Å². The Labute approximate surface area is 162 Å². The lowest BCUT2D eigenvalue weighted by Gasteiger charge is -2.16. The van der Waals surface area contributed by atoms with Gasteiger partial charge in [0.1, 0.15) is 5.75 Å². The lowest BCUT2D eigenvalue weighted by molar-refractivity contribution is 0.0696. The molecule has 28 heavy (non-hydrogen) atoms. The molecular weight excluding hydrogens is 360 g/mol. The second-order valence-electron chi connectivity index (χ2n) is 6.79. The Hall–Kier alpha value is -3.29. The molecule has 0 saturated carbocycles. The summed E-state index contributed by atoms with van der Waals surface area (Å²) in [6.07, 6.45) is 4.20. The molecule has 0 bridgehead atoms. The third-order valence-corrected chi connectivity index (χ3v) is 4.00. The van der Waals surface area contributed by atoms with Gasteiger partial charge in [-0.15, -0.1) is 0 Å². The van der Waals surface area contributed by atoms with E-state index in [0.29, 0.717) is 47.6 Å². The van der Waals surface area contributed by atoms with Gasteiger partial charge in [0.2, 0.25) is 11.7 Å². The zero-order valence-corrected chi connectivity index (χ0v) is 16.0. The van der Waals surface area contributed by atoms with Crippen LogP contribution in [0.15, 0.2) is 41.2 Å². The molecule has 1 aromatic carbocycles. The number of hydrogen-bond donors (Lipinski definition) is 1. The fraction of sp³-hybridized carbons (Fsp3) is 0.350.